The molecular weight excluding hydrogens is 360 g/mol. The summed E-state index contributed by atoms with van der Waals surface area (Å²) in [6, 6.07) is 0. The average molecular weight is 382 g/mol. The van der Waals surface area contributed by atoms with Crippen LogP contribution in [-0.2, 0) is 19.6 Å². The van der Waals surface area contributed by atoms with E-state index < -0.39 is 10.0 Å². The minimum Gasteiger partial charge on any atom is -0.472 e. The number of carbonyl (C=O) groups is 2. The Bertz CT molecular complexity index is 739. The third kappa shape index (κ3) is 4.55. The molecule has 3 heterocycles. The van der Waals surface area contributed by atoms with Crippen molar-refractivity contribution in [2.45, 2.75) is 38.2 Å². The van der Waals surface area contributed by atoms with Crippen LogP contribution < -0.4 is 4.74 Å². The topological polar surface area (TPSA) is 110 Å². The molecule has 2 fully saturated rings. The summed E-state index contributed by atoms with van der Waals surface area (Å²) in [6.45, 7) is 0.539. The lowest BCUT2D eigenvalue weighted by Gasteiger charge is -2.32. The number of likely N-dealkylation sites (tertiary alicyclic amines) is 1. The Balaban J connectivity index is 1.58. The average Bonchev–Trinajstić information content (AvgIpc) is 2.62. The molecule has 0 N–H and O–H groups in total. The quantitative estimate of drug-likeness (QED) is 0.646. The lowest BCUT2D eigenvalue weighted by atomic mass is 10.1. The van der Waals surface area contributed by atoms with Gasteiger partial charge in [-0.25, -0.2) is 13.4 Å². The summed E-state index contributed by atoms with van der Waals surface area (Å²) in [5.41, 5.74) is 0. The van der Waals surface area contributed by atoms with Gasteiger partial charge in [-0.3, -0.25) is 19.5 Å². The van der Waals surface area contributed by atoms with E-state index in [-0.39, 0.29) is 36.8 Å². The van der Waals surface area contributed by atoms with Crippen molar-refractivity contribution in [2.24, 2.45) is 0 Å². The molecule has 0 bridgehead atoms. The van der Waals surface area contributed by atoms with Gasteiger partial charge in [0.1, 0.15) is 6.10 Å². The molecular formula is C16H22N4O5S. The Morgan fingerprint density at radius 3 is 2.62 bits per heavy atom. The van der Waals surface area contributed by atoms with Crippen LogP contribution in [0.15, 0.2) is 18.6 Å². The smallest absolute Gasteiger partial charge is 0.232 e. The molecule has 1 aromatic heterocycles. The molecule has 0 radical (unpaired) electrons. The van der Waals surface area contributed by atoms with Crippen molar-refractivity contribution >= 4 is 21.8 Å². The second-order valence-corrected chi connectivity index (χ2v) is 8.48. The molecule has 1 aromatic rings. The molecule has 3 rings (SSSR count). The molecule has 2 saturated heterocycles. The molecule has 2 aliphatic rings. The molecule has 1 atom stereocenters. The number of carbonyl (C=O) groups excluding carboxylic acids is 2. The van der Waals surface area contributed by atoms with E-state index in [1.807, 2.05) is 0 Å². The Kier molecular flexibility index (Phi) is 5.82. The number of rotatable bonds is 6. The van der Waals surface area contributed by atoms with Crippen LogP contribution in [0.3, 0.4) is 0 Å². The highest BCUT2D eigenvalue weighted by molar-refractivity contribution is 7.89. The fraction of sp³-hybridized carbons (Fsp3) is 0.625. The van der Waals surface area contributed by atoms with Crippen LogP contribution in [0.1, 0.15) is 32.1 Å². The Morgan fingerprint density at radius 1 is 1.15 bits per heavy atom. The zero-order valence-corrected chi connectivity index (χ0v) is 15.2. The van der Waals surface area contributed by atoms with Gasteiger partial charge >= 0.3 is 0 Å². The van der Waals surface area contributed by atoms with Gasteiger partial charge in [-0.15, -0.1) is 0 Å². The lowest BCUT2D eigenvalue weighted by Crippen LogP contribution is -2.48. The number of amides is 2. The van der Waals surface area contributed by atoms with E-state index in [9.17, 15) is 18.0 Å². The number of imide groups is 1. The first-order chi connectivity index (χ1) is 12.5. The van der Waals surface area contributed by atoms with Crippen molar-refractivity contribution in [3.05, 3.63) is 18.6 Å². The summed E-state index contributed by atoms with van der Waals surface area (Å²) in [6.07, 6.45) is 6.76. The van der Waals surface area contributed by atoms with Crippen molar-refractivity contribution in [1.29, 1.82) is 0 Å². The minimum atomic E-state index is -3.58. The maximum absolute atomic E-state index is 12.6. The molecule has 2 aliphatic heterocycles. The fourth-order valence-electron chi connectivity index (χ4n) is 3.16. The van der Waals surface area contributed by atoms with Crippen LogP contribution in [0.5, 0.6) is 5.88 Å². The number of aromatic nitrogens is 2. The van der Waals surface area contributed by atoms with Crippen molar-refractivity contribution in [3.63, 3.8) is 0 Å². The van der Waals surface area contributed by atoms with Gasteiger partial charge in [0, 0.05) is 38.3 Å². The van der Waals surface area contributed by atoms with Crippen LogP contribution in [0, 0.1) is 0 Å². The highest BCUT2D eigenvalue weighted by Crippen LogP contribution is 2.19. The SMILES string of the molecule is O=C1CCCC(=O)N1CCS(=O)(=O)N1CCCC(Oc2cnccn2)C1. The van der Waals surface area contributed by atoms with Crippen LogP contribution in [0.4, 0.5) is 0 Å². The summed E-state index contributed by atoms with van der Waals surface area (Å²) < 4.78 is 32.3. The molecule has 0 saturated carbocycles. The van der Waals surface area contributed by atoms with Gasteiger partial charge in [-0.1, -0.05) is 0 Å². The third-order valence-corrected chi connectivity index (χ3v) is 6.33. The monoisotopic (exact) mass is 382 g/mol. The van der Waals surface area contributed by atoms with E-state index in [4.69, 9.17) is 4.74 Å². The van der Waals surface area contributed by atoms with Crippen molar-refractivity contribution in [2.75, 3.05) is 25.4 Å². The molecule has 10 heteroatoms. The van der Waals surface area contributed by atoms with E-state index in [0.29, 0.717) is 38.1 Å². The molecule has 142 valence electrons. The van der Waals surface area contributed by atoms with Crippen molar-refractivity contribution in [3.8, 4) is 5.88 Å². The van der Waals surface area contributed by atoms with Crippen LogP contribution in [-0.4, -0.2) is 70.9 Å². The molecule has 9 nitrogen and oxygen atoms in total. The summed E-state index contributed by atoms with van der Waals surface area (Å²) in [5, 5.41) is 0. The van der Waals surface area contributed by atoms with Crippen LogP contribution in [0.25, 0.3) is 0 Å². The maximum Gasteiger partial charge on any atom is 0.232 e. The first-order valence-electron chi connectivity index (χ1n) is 8.69. The first kappa shape index (κ1) is 18.7. The number of nitrogens with zero attached hydrogens (tertiary/aromatic N) is 4. The largest absolute Gasteiger partial charge is 0.472 e. The Morgan fingerprint density at radius 2 is 1.92 bits per heavy atom. The van der Waals surface area contributed by atoms with E-state index in [1.165, 1.54) is 22.9 Å². The maximum atomic E-state index is 12.6. The number of sulfonamides is 1. The second-order valence-electron chi connectivity index (χ2n) is 6.39. The van der Waals surface area contributed by atoms with Gasteiger partial charge in [-0.2, -0.15) is 4.31 Å². The Labute approximate surface area is 152 Å². The zero-order chi connectivity index (χ0) is 18.6. The summed E-state index contributed by atoms with van der Waals surface area (Å²) in [4.78, 5) is 32.7. The summed E-state index contributed by atoms with van der Waals surface area (Å²) in [5.74, 6) is -0.485. The van der Waals surface area contributed by atoms with E-state index in [0.717, 1.165) is 11.3 Å². The molecule has 2 amide bonds. The third-order valence-electron chi connectivity index (χ3n) is 4.52. The lowest BCUT2D eigenvalue weighted by molar-refractivity contribution is -0.147. The van der Waals surface area contributed by atoms with E-state index in [2.05, 4.69) is 9.97 Å². The fourth-order valence-corrected chi connectivity index (χ4v) is 4.63. The minimum absolute atomic E-state index is 0.0911. The Hall–Kier alpha value is -2.07. The standard InChI is InChI=1S/C16H22N4O5S/c21-15-4-1-5-16(22)20(15)9-10-26(23,24)19-8-2-3-13(12-19)25-14-11-17-6-7-18-14/h6-7,11,13H,1-5,8-10,12H2. The van der Waals surface area contributed by atoms with E-state index >= 15 is 0 Å². The van der Waals surface area contributed by atoms with Crippen molar-refractivity contribution in [1.82, 2.24) is 19.2 Å². The van der Waals surface area contributed by atoms with Gasteiger partial charge in [0.05, 0.1) is 18.5 Å². The highest BCUT2D eigenvalue weighted by atomic mass is 32.2. The number of piperidine rings is 2. The molecule has 0 aliphatic carbocycles. The van der Waals surface area contributed by atoms with Gasteiger partial charge in [-0.05, 0) is 19.3 Å². The molecule has 0 aromatic carbocycles. The first-order valence-corrected chi connectivity index (χ1v) is 10.3. The van der Waals surface area contributed by atoms with Gasteiger partial charge in [0.15, 0.2) is 0 Å². The van der Waals surface area contributed by atoms with E-state index in [1.54, 1.807) is 0 Å². The molecule has 26 heavy (non-hydrogen) atoms. The predicted molar refractivity (Wildman–Crippen MR) is 91.6 cm³/mol. The molecule has 0 spiro atoms. The van der Waals surface area contributed by atoms with Gasteiger partial charge in [0.2, 0.25) is 27.7 Å². The normalized spacial score (nSPS) is 22.5. The summed E-state index contributed by atoms with van der Waals surface area (Å²) in [7, 11) is -3.58. The number of hydrogen-bond acceptors (Lipinski definition) is 7. The van der Waals surface area contributed by atoms with Gasteiger partial charge < -0.3 is 4.74 Å². The predicted octanol–water partition coefficient (Wildman–Crippen LogP) is 0.189. The number of ether oxygens (including phenoxy) is 1. The second kappa shape index (κ2) is 8.09. The zero-order valence-electron chi connectivity index (χ0n) is 14.4. The highest BCUT2D eigenvalue weighted by Gasteiger charge is 2.32. The summed E-state index contributed by atoms with van der Waals surface area (Å²) >= 11 is 0. The van der Waals surface area contributed by atoms with Crippen LogP contribution in [0.2, 0.25) is 0 Å². The van der Waals surface area contributed by atoms with Gasteiger partial charge in [0.25, 0.3) is 0 Å². The van der Waals surface area contributed by atoms with Crippen molar-refractivity contribution < 1.29 is 22.7 Å². The van der Waals surface area contributed by atoms with Crippen LogP contribution >= 0.6 is 0 Å². The number of hydrogen-bond donors (Lipinski definition) is 0. The molecule has 1 unspecified atom stereocenters.